The first-order valence-corrected chi connectivity index (χ1v) is 11.4. The molecule has 5 rings (SSSR count). The maximum absolute atomic E-state index is 13.5. The lowest BCUT2D eigenvalue weighted by molar-refractivity contribution is 0.372. The summed E-state index contributed by atoms with van der Waals surface area (Å²) in [5.41, 5.74) is 1.03. The van der Waals surface area contributed by atoms with E-state index < -0.39 is 5.82 Å². The van der Waals surface area contributed by atoms with Crippen LogP contribution in [0.25, 0.3) is 0 Å². The smallest absolute Gasteiger partial charge is 0.322 e. The number of anilines is 2. The van der Waals surface area contributed by atoms with Gasteiger partial charge < -0.3 is 19.7 Å². The Labute approximate surface area is 195 Å². The van der Waals surface area contributed by atoms with Gasteiger partial charge in [0.25, 0.3) is 0 Å². The standard InChI is InChI=1S/C22H25ClFN7O2/c1-3-31-22(33-16-6-7-18(24)17(23)9-16)27-21(29-31)26-20-13-4-5-14(20)12-30(11-13)15-8-19(32-2)28-25-10-15/h6-10,13-14,20H,3-5,11-12H2,1-2H3,(H,26,29)/t13-,14+,20?. The van der Waals surface area contributed by atoms with Crippen LogP contribution in [-0.4, -0.2) is 51.2 Å². The Morgan fingerprint density at radius 1 is 1.21 bits per heavy atom. The van der Waals surface area contributed by atoms with E-state index in [1.54, 1.807) is 18.0 Å². The quantitative estimate of drug-likeness (QED) is 0.550. The number of piperidine rings is 1. The number of methoxy groups -OCH3 is 1. The Hall–Kier alpha value is -3.14. The van der Waals surface area contributed by atoms with Crippen molar-refractivity contribution in [3.63, 3.8) is 0 Å². The molecule has 1 unspecified atom stereocenters. The lowest BCUT2D eigenvalue weighted by Gasteiger charge is -2.39. The lowest BCUT2D eigenvalue weighted by Crippen LogP contribution is -2.48. The van der Waals surface area contributed by atoms with Gasteiger partial charge in [0.2, 0.25) is 11.8 Å². The molecular weight excluding hydrogens is 449 g/mol. The lowest BCUT2D eigenvalue weighted by atomic mass is 9.92. The van der Waals surface area contributed by atoms with E-state index in [0.717, 1.165) is 31.6 Å². The summed E-state index contributed by atoms with van der Waals surface area (Å²) < 4.78 is 26.2. The normalized spacial score (nSPS) is 21.8. The maximum Gasteiger partial charge on any atom is 0.322 e. The molecule has 33 heavy (non-hydrogen) atoms. The number of aryl methyl sites for hydroxylation is 1. The minimum absolute atomic E-state index is 0.00114. The van der Waals surface area contributed by atoms with Crippen molar-refractivity contribution in [2.75, 3.05) is 30.4 Å². The first kappa shape index (κ1) is 21.7. The van der Waals surface area contributed by atoms with Gasteiger partial charge in [0.05, 0.1) is 24.0 Å². The molecule has 1 aliphatic carbocycles. The van der Waals surface area contributed by atoms with E-state index in [4.69, 9.17) is 21.1 Å². The number of benzene rings is 1. The molecule has 0 spiro atoms. The third-order valence-electron chi connectivity index (χ3n) is 6.36. The van der Waals surface area contributed by atoms with Gasteiger partial charge in [-0.1, -0.05) is 11.6 Å². The van der Waals surface area contributed by atoms with Crippen LogP contribution in [0.1, 0.15) is 19.8 Å². The van der Waals surface area contributed by atoms with Gasteiger partial charge in [-0.15, -0.1) is 10.2 Å². The molecule has 2 aromatic heterocycles. The van der Waals surface area contributed by atoms with Crippen LogP contribution in [0.3, 0.4) is 0 Å². The topological polar surface area (TPSA) is 90.2 Å². The van der Waals surface area contributed by atoms with E-state index in [1.165, 1.54) is 18.2 Å². The summed E-state index contributed by atoms with van der Waals surface area (Å²) in [5.74, 6) is 1.87. The number of nitrogens with one attached hydrogen (secondary N) is 1. The number of ether oxygens (including phenoxy) is 2. The zero-order valence-electron chi connectivity index (χ0n) is 18.4. The van der Waals surface area contributed by atoms with Gasteiger partial charge in [-0.3, -0.25) is 0 Å². The molecule has 1 N–H and O–H groups in total. The second-order valence-corrected chi connectivity index (χ2v) is 8.75. The highest BCUT2D eigenvalue weighted by molar-refractivity contribution is 6.30. The van der Waals surface area contributed by atoms with Gasteiger partial charge in [0.15, 0.2) is 0 Å². The molecular formula is C22H25ClFN7O2. The van der Waals surface area contributed by atoms with Crippen LogP contribution < -0.4 is 19.7 Å². The van der Waals surface area contributed by atoms with Crippen molar-refractivity contribution in [1.29, 1.82) is 0 Å². The van der Waals surface area contributed by atoms with Gasteiger partial charge in [-0.25, -0.2) is 9.07 Å². The molecule has 2 bridgehead atoms. The van der Waals surface area contributed by atoms with Crippen molar-refractivity contribution in [2.45, 2.75) is 32.4 Å². The number of aromatic nitrogens is 5. The molecule has 2 fully saturated rings. The summed E-state index contributed by atoms with van der Waals surface area (Å²) in [6.45, 7) is 4.37. The Morgan fingerprint density at radius 3 is 2.70 bits per heavy atom. The Balaban J connectivity index is 1.29. The molecule has 1 saturated heterocycles. The molecule has 3 heterocycles. The SMILES string of the molecule is CCn1nc(NC2[C@@H]3CC[C@H]2CN(c2cnnc(OC)c2)C3)nc1Oc1ccc(F)c(Cl)c1. The molecule has 3 aromatic rings. The minimum atomic E-state index is -0.494. The third kappa shape index (κ3) is 4.39. The molecule has 9 nitrogen and oxygen atoms in total. The van der Waals surface area contributed by atoms with Crippen LogP contribution in [-0.2, 0) is 6.54 Å². The van der Waals surface area contributed by atoms with Crippen LogP contribution >= 0.6 is 11.6 Å². The van der Waals surface area contributed by atoms with Crippen molar-refractivity contribution in [2.24, 2.45) is 11.8 Å². The van der Waals surface area contributed by atoms with E-state index in [2.05, 4.69) is 30.5 Å². The van der Waals surface area contributed by atoms with Gasteiger partial charge >= 0.3 is 6.01 Å². The summed E-state index contributed by atoms with van der Waals surface area (Å²) >= 11 is 5.87. The Kier molecular flexibility index (Phi) is 5.92. The van der Waals surface area contributed by atoms with E-state index >= 15 is 0 Å². The fourth-order valence-corrected chi connectivity index (χ4v) is 4.92. The number of rotatable bonds is 7. The monoisotopic (exact) mass is 473 g/mol. The van der Waals surface area contributed by atoms with Crippen LogP contribution in [0.2, 0.25) is 5.02 Å². The molecule has 1 saturated carbocycles. The van der Waals surface area contributed by atoms with E-state index in [0.29, 0.717) is 42.0 Å². The number of hydrogen-bond donors (Lipinski definition) is 1. The summed E-state index contributed by atoms with van der Waals surface area (Å²) in [6.07, 6.45) is 4.06. The Bertz CT molecular complexity index is 1130. The summed E-state index contributed by atoms with van der Waals surface area (Å²) in [6, 6.07) is 6.75. The largest absolute Gasteiger partial charge is 0.480 e. The van der Waals surface area contributed by atoms with E-state index in [-0.39, 0.29) is 11.1 Å². The maximum atomic E-state index is 13.5. The van der Waals surface area contributed by atoms with Gasteiger partial charge in [0, 0.05) is 37.8 Å². The average molecular weight is 474 g/mol. The summed E-state index contributed by atoms with van der Waals surface area (Å²) in [5, 5.41) is 16.1. The number of halogens is 2. The molecule has 3 atom stereocenters. The van der Waals surface area contributed by atoms with Crippen LogP contribution in [0.4, 0.5) is 16.0 Å². The van der Waals surface area contributed by atoms with Crippen molar-refractivity contribution in [3.05, 3.63) is 41.3 Å². The predicted molar refractivity (Wildman–Crippen MR) is 122 cm³/mol. The van der Waals surface area contributed by atoms with Crippen LogP contribution in [0.5, 0.6) is 17.6 Å². The van der Waals surface area contributed by atoms with Crippen LogP contribution in [0.15, 0.2) is 30.5 Å². The second-order valence-electron chi connectivity index (χ2n) is 8.34. The average Bonchev–Trinajstić information content (AvgIpc) is 3.31. The highest BCUT2D eigenvalue weighted by atomic mass is 35.5. The van der Waals surface area contributed by atoms with Crippen LogP contribution in [0, 0.1) is 17.7 Å². The van der Waals surface area contributed by atoms with E-state index in [1.807, 2.05) is 13.0 Å². The van der Waals surface area contributed by atoms with Gasteiger partial charge in [0.1, 0.15) is 11.6 Å². The number of fused-ring (bicyclic) bond motifs is 2. The fourth-order valence-electron chi connectivity index (χ4n) is 4.74. The highest BCUT2D eigenvalue weighted by Crippen LogP contribution is 2.40. The molecule has 0 amide bonds. The highest BCUT2D eigenvalue weighted by Gasteiger charge is 2.42. The molecule has 174 valence electrons. The molecule has 1 aliphatic heterocycles. The van der Waals surface area contributed by atoms with E-state index in [9.17, 15) is 4.39 Å². The first-order chi connectivity index (χ1) is 16.0. The first-order valence-electron chi connectivity index (χ1n) is 11.0. The van der Waals surface area contributed by atoms with Gasteiger partial charge in [-0.2, -0.15) is 10.1 Å². The molecule has 1 aromatic carbocycles. The summed E-state index contributed by atoms with van der Waals surface area (Å²) in [4.78, 5) is 6.90. The molecule has 11 heteroatoms. The zero-order chi connectivity index (χ0) is 22.9. The predicted octanol–water partition coefficient (Wildman–Crippen LogP) is 4.01. The minimum Gasteiger partial charge on any atom is -0.480 e. The molecule has 2 aliphatic rings. The number of hydrogen-bond acceptors (Lipinski definition) is 8. The zero-order valence-corrected chi connectivity index (χ0v) is 19.2. The second kappa shape index (κ2) is 9.01. The van der Waals surface area contributed by atoms with Crippen molar-refractivity contribution in [1.82, 2.24) is 25.0 Å². The Morgan fingerprint density at radius 2 is 2.00 bits per heavy atom. The van der Waals surface area contributed by atoms with Crippen molar-refractivity contribution < 1.29 is 13.9 Å². The fraction of sp³-hybridized carbons (Fsp3) is 0.455. The molecule has 0 radical (unpaired) electrons. The van der Waals surface area contributed by atoms with Crippen molar-refractivity contribution in [3.8, 4) is 17.6 Å². The van der Waals surface area contributed by atoms with Crippen molar-refractivity contribution >= 4 is 23.2 Å². The summed E-state index contributed by atoms with van der Waals surface area (Å²) in [7, 11) is 1.60. The number of nitrogens with zero attached hydrogens (tertiary/aromatic N) is 6. The third-order valence-corrected chi connectivity index (χ3v) is 6.65. The van der Waals surface area contributed by atoms with Gasteiger partial charge in [-0.05, 0) is 43.7 Å².